The van der Waals surface area contributed by atoms with Crippen LogP contribution in [0, 0.1) is 20.8 Å². The standard InChI is InChI=1S/C18H18N4O/c1-12-9-10-16(19-11-12)20-18(23)17-13(2)21-22(14(17)3)15-7-5-4-6-8-15/h4-11H,1-3H3,(H,19,20,23). The highest BCUT2D eigenvalue weighted by molar-refractivity contribution is 6.05. The molecule has 1 N–H and O–H groups in total. The van der Waals surface area contributed by atoms with Crippen LogP contribution in [0.4, 0.5) is 5.82 Å². The van der Waals surface area contributed by atoms with Crippen LogP contribution in [-0.2, 0) is 0 Å². The lowest BCUT2D eigenvalue weighted by molar-refractivity contribution is 0.102. The van der Waals surface area contributed by atoms with Crippen LogP contribution >= 0.6 is 0 Å². The first-order chi connectivity index (χ1) is 11.1. The first-order valence-corrected chi connectivity index (χ1v) is 7.42. The maximum atomic E-state index is 12.6. The van der Waals surface area contributed by atoms with Gasteiger partial charge < -0.3 is 5.32 Å². The molecule has 0 aliphatic rings. The first-order valence-electron chi connectivity index (χ1n) is 7.42. The second-order valence-electron chi connectivity index (χ2n) is 5.47. The van der Waals surface area contributed by atoms with Crippen molar-refractivity contribution < 1.29 is 4.79 Å². The molecule has 0 unspecified atom stereocenters. The Balaban J connectivity index is 1.92. The van der Waals surface area contributed by atoms with E-state index in [1.54, 1.807) is 16.9 Å². The number of rotatable bonds is 3. The number of benzene rings is 1. The predicted molar refractivity (Wildman–Crippen MR) is 90.0 cm³/mol. The highest BCUT2D eigenvalue weighted by atomic mass is 16.1. The van der Waals surface area contributed by atoms with Crippen molar-refractivity contribution in [1.82, 2.24) is 14.8 Å². The van der Waals surface area contributed by atoms with E-state index in [-0.39, 0.29) is 5.91 Å². The predicted octanol–water partition coefficient (Wildman–Crippen LogP) is 3.44. The summed E-state index contributed by atoms with van der Waals surface area (Å²) in [6, 6.07) is 13.5. The summed E-state index contributed by atoms with van der Waals surface area (Å²) in [5.74, 6) is 0.338. The third-order valence-electron chi connectivity index (χ3n) is 3.67. The quantitative estimate of drug-likeness (QED) is 0.806. The van der Waals surface area contributed by atoms with E-state index >= 15 is 0 Å². The molecule has 23 heavy (non-hydrogen) atoms. The Morgan fingerprint density at radius 1 is 1.04 bits per heavy atom. The van der Waals surface area contributed by atoms with Gasteiger partial charge in [0.2, 0.25) is 0 Å². The third kappa shape index (κ3) is 2.99. The molecule has 116 valence electrons. The number of aromatic nitrogens is 3. The summed E-state index contributed by atoms with van der Waals surface area (Å²) < 4.78 is 1.78. The molecule has 2 aromatic heterocycles. The van der Waals surface area contributed by atoms with Crippen molar-refractivity contribution in [1.29, 1.82) is 0 Å². The zero-order valence-electron chi connectivity index (χ0n) is 13.4. The van der Waals surface area contributed by atoms with Crippen molar-refractivity contribution in [3.05, 3.63) is 71.2 Å². The number of carbonyl (C=O) groups excluding carboxylic acids is 1. The van der Waals surface area contributed by atoms with E-state index in [0.29, 0.717) is 17.1 Å². The van der Waals surface area contributed by atoms with Gasteiger partial charge in [0.05, 0.1) is 22.6 Å². The number of nitrogens with zero attached hydrogens (tertiary/aromatic N) is 3. The number of hydrogen-bond acceptors (Lipinski definition) is 3. The Morgan fingerprint density at radius 3 is 2.43 bits per heavy atom. The minimum absolute atomic E-state index is 0.196. The average Bonchev–Trinajstić information content (AvgIpc) is 2.85. The topological polar surface area (TPSA) is 59.8 Å². The maximum absolute atomic E-state index is 12.6. The highest BCUT2D eigenvalue weighted by Gasteiger charge is 2.19. The second kappa shape index (κ2) is 6.04. The van der Waals surface area contributed by atoms with Gasteiger partial charge in [-0.2, -0.15) is 5.10 Å². The second-order valence-corrected chi connectivity index (χ2v) is 5.47. The van der Waals surface area contributed by atoms with Gasteiger partial charge >= 0.3 is 0 Å². The number of nitrogens with one attached hydrogen (secondary N) is 1. The molecule has 0 radical (unpaired) electrons. The average molecular weight is 306 g/mol. The number of hydrogen-bond donors (Lipinski definition) is 1. The molecule has 0 atom stereocenters. The summed E-state index contributed by atoms with van der Waals surface area (Å²) in [5, 5.41) is 7.32. The number of para-hydroxylation sites is 1. The SMILES string of the molecule is Cc1ccc(NC(=O)c2c(C)nn(-c3ccccc3)c2C)nc1. The van der Waals surface area contributed by atoms with Crippen molar-refractivity contribution in [3.63, 3.8) is 0 Å². The molecular weight excluding hydrogens is 288 g/mol. The molecule has 1 aromatic carbocycles. The Hall–Kier alpha value is -2.95. The van der Waals surface area contributed by atoms with Crippen LogP contribution in [0.1, 0.15) is 27.3 Å². The lowest BCUT2D eigenvalue weighted by Gasteiger charge is -2.06. The number of aryl methyl sites for hydroxylation is 2. The van der Waals surface area contributed by atoms with E-state index in [1.807, 2.05) is 57.2 Å². The molecule has 0 saturated heterocycles. The van der Waals surface area contributed by atoms with E-state index in [2.05, 4.69) is 15.4 Å². The minimum atomic E-state index is -0.196. The van der Waals surface area contributed by atoms with Gasteiger partial charge in [0.1, 0.15) is 5.82 Å². The number of amides is 1. The van der Waals surface area contributed by atoms with Crippen molar-refractivity contribution in [2.24, 2.45) is 0 Å². The van der Waals surface area contributed by atoms with Crippen LogP contribution < -0.4 is 5.32 Å². The van der Waals surface area contributed by atoms with Gasteiger partial charge in [0.15, 0.2) is 0 Å². The molecule has 0 spiro atoms. The highest BCUT2D eigenvalue weighted by Crippen LogP contribution is 2.19. The van der Waals surface area contributed by atoms with Crippen LogP contribution in [0.15, 0.2) is 48.7 Å². The van der Waals surface area contributed by atoms with Crippen molar-refractivity contribution in [2.45, 2.75) is 20.8 Å². The van der Waals surface area contributed by atoms with Crippen LogP contribution in [0.25, 0.3) is 5.69 Å². The third-order valence-corrected chi connectivity index (χ3v) is 3.67. The zero-order valence-corrected chi connectivity index (χ0v) is 13.4. The molecule has 5 heteroatoms. The molecular formula is C18H18N4O. The van der Waals surface area contributed by atoms with E-state index in [4.69, 9.17) is 0 Å². The fraction of sp³-hybridized carbons (Fsp3) is 0.167. The largest absolute Gasteiger partial charge is 0.306 e. The molecule has 3 aromatic rings. The first kappa shape index (κ1) is 15.0. The summed E-state index contributed by atoms with van der Waals surface area (Å²) in [6.07, 6.45) is 1.72. The molecule has 3 rings (SSSR count). The molecule has 1 amide bonds. The Bertz CT molecular complexity index is 835. The molecule has 0 bridgehead atoms. The van der Waals surface area contributed by atoms with Crippen molar-refractivity contribution in [2.75, 3.05) is 5.32 Å². The van der Waals surface area contributed by atoms with Crippen LogP contribution in [0.2, 0.25) is 0 Å². The summed E-state index contributed by atoms with van der Waals surface area (Å²) in [4.78, 5) is 16.8. The van der Waals surface area contributed by atoms with Crippen molar-refractivity contribution in [3.8, 4) is 5.69 Å². The number of carbonyl (C=O) groups is 1. The van der Waals surface area contributed by atoms with Gasteiger partial charge in [-0.15, -0.1) is 0 Å². The van der Waals surface area contributed by atoms with Gasteiger partial charge in [0.25, 0.3) is 5.91 Å². The normalized spacial score (nSPS) is 10.6. The lowest BCUT2D eigenvalue weighted by atomic mass is 10.2. The molecule has 0 aliphatic carbocycles. The Kier molecular flexibility index (Phi) is 3.93. The van der Waals surface area contributed by atoms with Gasteiger partial charge in [0, 0.05) is 6.20 Å². The van der Waals surface area contributed by atoms with Gasteiger partial charge in [-0.25, -0.2) is 9.67 Å². The fourth-order valence-corrected chi connectivity index (χ4v) is 2.51. The summed E-state index contributed by atoms with van der Waals surface area (Å²) >= 11 is 0. The fourth-order valence-electron chi connectivity index (χ4n) is 2.51. The molecule has 5 nitrogen and oxygen atoms in total. The van der Waals surface area contributed by atoms with Crippen molar-refractivity contribution >= 4 is 11.7 Å². The molecule has 0 fully saturated rings. The summed E-state index contributed by atoms with van der Waals surface area (Å²) in [5.41, 5.74) is 4.05. The van der Waals surface area contributed by atoms with Gasteiger partial charge in [-0.3, -0.25) is 4.79 Å². The van der Waals surface area contributed by atoms with Crippen LogP contribution in [0.3, 0.4) is 0 Å². The number of anilines is 1. The Labute approximate surface area is 135 Å². The minimum Gasteiger partial charge on any atom is -0.306 e. The van der Waals surface area contributed by atoms with E-state index < -0.39 is 0 Å². The maximum Gasteiger partial charge on any atom is 0.260 e. The smallest absolute Gasteiger partial charge is 0.260 e. The zero-order chi connectivity index (χ0) is 16.4. The molecule has 0 saturated carbocycles. The van der Waals surface area contributed by atoms with E-state index in [9.17, 15) is 4.79 Å². The van der Waals surface area contributed by atoms with Gasteiger partial charge in [-0.05, 0) is 44.5 Å². The van der Waals surface area contributed by atoms with E-state index in [0.717, 1.165) is 16.9 Å². The molecule has 0 aliphatic heterocycles. The Morgan fingerprint density at radius 2 is 1.78 bits per heavy atom. The lowest BCUT2D eigenvalue weighted by Crippen LogP contribution is -2.15. The van der Waals surface area contributed by atoms with Crippen LogP contribution in [-0.4, -0.2) is 20.7 Å². The van der Waals surface area contributed by atoms with Crippen LogP contribution in [0.5, 0.6) is 0 Å². The summed E-state index contributed by atoms with van der Waals surface area (Å²) in [6.45, 7) is 5.69. The number of pyridine rings is 1. The summed E-state index contributed by atoms with van der Waals surface area (Å²) in [7, 11) is 0. The van der Waals surface area contributed by atoms with Gasteiger partial charge in [-0.1, -0.05) is 24.3 Å². The van der Waals surface area contributed by atoms with E-state index in [1.165, 1.54) is 0 Å². The molecule has 2 heterocycles. The monoisotopic (exact) mass is 306 g/mol.